The van der Waals surface area contributed by atoms with Crippen LogP contribution in [-0.2, 0) is 10.3 Å². The first-order chi connectivity index (χ1) is 12.6. The van der Waals surface area contributed by atoms with Gasteiger partial charge in [0.2, 0.25) is 0 Å². The van der Waals surface area contributed by atoms with Gasteiger partial charge in [-0.3, -0.25) is 0 Å². The Hall–Kier alpha value is -2.30. The molecule has 0 fully saturated rings. The van der Waals surface area contributed by atoms with Crippen LogP contribution in [0.5, 0.6) is 5.75 Å². The largest absolute Gasteiger partial charge is 0.415 e. The molecule has 27 heavy (non-hydrogen) atoms. The van der Waals surface area contributed by atoms with E-state index in [0.29, 0.717) is 18.8 Å². The molecule has 0 saturated heterocycles. The first kappa shape index (κ1) is 21.0. The Labute approximate surface area is 163 Å². The van der Waals surface area contributed by atoms with Gasteiger partial charge in [-0.15, -0.1) is 0 Å². The molecule has 0 spiro atoms. The summed E-state index contributed by atoms with van der Waals surface area (Å²) in [5, 5.41) is 3.76. The number of hydrogen-bond acceptors (Lipinski definition) is 4. The van der Waals surface area contributed by atoms with Crippen LogP contribution in [0.25, 0.3) is 0 Å². The van der Waals surface area contributed by atoms with E-state index in [4.69, 9.17) is 9.57 Å². The number of carbonyl (C=O) groups is 1. The van der Waals surface area contributed by atoms with E-state index >= 15 is 0 Å². The molecule has 1 amide bonds. The van der Waals surface area contributed by atoms with Gasteiger partial charge in [-0.25, -0.2) is 4.79 Å². The number of rotatable bonds is 5. The Morgan fingerprint density at radius 1 is 1.19 bits per heavy atom. The van der Waals surface area contributed by atoms with Gasteiger partial charge in [0.05, 0.1) is 12.8 Å². The maximum Gasteiger partial charge on any atom is 0.415 e. The number of nitrogens with zero attached hydrogens (tertiary/aromatic N) is 2. The van der Waals surface area contributed by atoms with E-state index in [-0.39, 0.29) is 16.9 Å². The van der Waals surface area contributed by atoms with E-state index in [1.807, 2.05) is 12.1 Å². The zero-order chi connectivity index (χ0) is 20.1. The monoisotopic (exact) mass is 372 g/mol. The molecular weight excluding hydrogens is 340 g/mol. The van der Waals surface area contributed by atoms with E-state index < -0.39 is 0 Å². The van der Waals surface area contributed by atoms with Crippen molar-refractivity contribution in [3.05, 3.63) is 41.5 Å². The first-order valence-corrected chi connectivity index (χ1v) is 9.44. The lowest BCUT2D eigenvalue weighted by Gasteiger charge is -2.33. The van der Waals surface area contributed by atoms with Crippen molar-refractivity contribution in [2.24, 2.45) is 10.6 Å². The van der Waals surface area contributed by atoms with Crippen molar-refractivity contribution < 1.29 is 14.4 Å². The van der Waals surface area contributed by atoms with E-state index in [1.165, 1.54) is 12.7 Å². The SMILES string of the molecule is CON=CC1=CCCN(C(=O)Oc2ccc(C(C)(C)CC(C)(C)C)cc2)C1. The minimum Gasteiger partial charge on any atom is -0.410 e. The highest BCUT2D eigenvalue weighted by Crippen LogP contribution is 2.36. The van der Waals surface area contributed by atoms with E-state index in [0.717, 1.165) is 18.4 Å². The van der Waals surface area contributed by atoms with Gasteiger partial charge in [0.25, 0.3) is 0 Å². The summed E-state index contributed by atoms with van der Waals surface area (Å²) in [6, 6.07) is 7.87. The second kappa shape index (κ2) is 8.59. The van der Waals surface area contributed by atoms with Crippen LogP contribution in [0.15, 0.2) is 41.1 Å². The highest BCUT2D eigenvalue weighted by molar-refractivity contribution is 5.81. The molecule has 1 heterocycles. The van der Waals surface area contributed by atoms with Crippen LogP contribution >= 0.6 is 0 Å². The second-order valence-corrected chi connectivity index (χ2v) is 8.92. The smallest absolute Gasteiger partial charge is 0.410 e. The van der Waals surface area contributed by atoms with Gasteiger partial charge < -0.3 is 14.5 Å². The molecule has 0 atom stereocenters. The van der Waals surface area contributed by atoms with Crippen molar-refractivity contribution in [3.8, 4) is 5.75 Å². The third-order valence-electron chi connectivity index (χ3n) is 4.57. The number of ether oxygens (including phenoxy) is 1. The molecule has 5 nitrogen and oxygen atoms in total. The Kier molecular flexibility index (Phi) is 6.68. The number of amides is 1. The van der Waals surface area contributed by atoms with Crippen LogP contribution in [0.4, 0.5) is 4.79 Å². The van der Waals surface area contributed by atoms with Crippen LogP contribution in [0, 0.1) is 5.41 Å². The topological polar surface area (TPSA) is 51.1 Å². The molecule has 2 rings (SSSR count). The average Bonchev–Trinajstić information content (AvgIpc) is 2.58. The molecule has 5 heteroatoms. The normalized spacial score (nSPS) is 15.6. The molecule has 1 aromatic carbocycles. The minimum atomic E-state index is -0.340. The molecule has 0 bridgehead atoms. The molecule has 0 unspecified atom stereocenters. The molecule has 1 aliphatic rings. The number of oxime groups is 1. The summed E-state index contributed by atoms with van der Waals surface area (Å²) in [7, 11) is 1.50. The van der Waals surface area contributed by atoms with Crippen molar-refractivity contribution in [2.45, 2.75) is 52.9 Å². The minimum absolute atomic E-state index is 0.0635. The van der Waals surface area contributed by atoms with Gasteiger partial charge in [0, 0.05) is 6.54 Å². The Morgan fingerprint density at radius 3 is 2.44 bits per heavy atom. The summed E-state index contributed by atoms with van der Waals surface area (Å²) in [6.07, 6.45) is 5.20. The molecule has 0 saturated carbocycles. The van der Waals surface area contributed by atoms with Crippen LogP contribution in [-0.4, -0.2) is 37.4 Å². The quantitative estimate of drug-likeness (QED) is 0.530. The summed E-state index contributed by atoms with van der Waals surface area (Å²) in [4.78, 5) is 18.8. The second-order valence-electron chi connectivity index (χ2n) is 8.92. The molecule has 0 aromatic heterocycles. The van der Waals surface area contributed by atoms with Crippen LogP contribution in [0.1, 0.15) is 53.0 Å². The fourth-order valence-corrected chi connectivity index (χ4v) is 3.71. The van der Waals surface area contributed by atoms with E-state index in [1.54, 1.807) is 11.1 Å². The van der Waals surface area contributed by atoms with Crippen molar-refractivity contribution in [3.63, 3.8) is 0 Å². The average molecular weight is 373 g/mol. The summed E-state index contributed by atoms with van der Waals surface area (Å²) < 4.78 is 5.56. The summed E-state index contributed by atoms with van der Waals surface area (Å²) in [5.74, 6) is 0.567. The van der Waals surface area contributed by atoms with Crippen LogP contribution < -0.4 is 4.74 Å². The predicted octanol–water partition coefficient (Wildman–Crippen LogP) is 5.16. The summed E-state index contributed by atoms with van der Waals surface area (Å²) in [6.45, 7) is 12.4. The molecular formula is C22H32N2O3. The van der Waals surface area contributed by atoms with Gasteiger partial charge in [-0.2, -0.15) is 0 Å². The third kappa shape index (κ3) is 6.42. The zero-order valence-corrected chi connectivity index (χ0v) is 17.4. The summed E-state index contributed by atoms with van der Waals surface area (Å²) in [5.41, 5.74) is 2.50. The number of benzene rings is 1. The Morgan fingerprint density at radius 2 is 1.85 bits per heavy atom. The summed E-state index contributed by atoms with van der Waals surface area (Å²) >= 11 is 0. The lowest BCUT2D eigenvalue weighted by molar-refractivity contribution is 0.155. The number of hydrogen-bond donors (Lipinski definition) is 0. The van der Waals surface area contributed by atoms with E-state index in [2.05, 4.69) is 58.0 Å². The maximum absolute atomic E-state index is 12.5. The van der Waals surface area contributed by atoms with Crippen LogP contribution in [0.2, 0.25) is 0 Å². The van der Waals surface area contributed by atoms with Gasteiger partial charge in [-0.05, 0) is 46.9 Å². The highest BCUT2D eigenvalue weighted by Gasteiger charge is 2.27. The molecule has 1 aromatic rings. The Balaban J connectivity index is 1.99. The third-order valence-corrected chi connectivity index (χ3v) is 4.57. The first-order valence-electron chi connectivity index (χ1n) is 9.44. The Bertz CT molecular complexity index is 697. The van der Waals surface area contributed by atoms with Crippen molar-refractivity contribution in [1.29, 1.82) is 0 Å². The predicted molar refractivity (Wildman–Crippen MR) is 109 cm³/mol. The van der Waals surface area contributed by atoms with Crippen molar-refractivity contribution >= 4 is 12.3 Å². The molecule has 0 N–H and O–H groups in total. The van der Waals surface area contributed by atoms with Gasteiger partial charge in [0.15, 0.2) is 0 Å². The lowest BCUT2D eigenvalue weighted by Crippen LogP contribution is -2.38. The molecule has 0 aliphatic carbocycles. The lowest BCUT2D eigenvalue weighted by atomic mass is 9.72. The van der Waals surface area contributed by atoms with Gasteiger partial charge in [-0.1, -0.05) is 58.0 Å². The zero-order valence-electron chi connectivity index (χ0n) is 17.4. The molecule has 0 radical (unpaired) electrons. The van der Waals surface area contributed by atoms with Crippen LogP contribution in [0.3, 0.4) is 0 Å². The molecule has 1 aliphatic heterocycles. The van der Waals surface area contributed by atoms with Crippen molar-refractivity contribution in [2.75, 3.05) is 20.2 Å². The standard InChI is InChI=1S/C22H32N2O3/c1-21(2,3)16-22(4,5)18-9-11-19(12-10-18)27-20(25)24-13-7-8-17(15-24)14-23-26-6/h8-12,14H,7,13,15-16H2,1-6H3. The fourth-order valence-electron chi connectivity index (χ4n) is 3.71. The van der Waals surface area contributed by atoms with Crippen molar-refractivity contribution in [1.82, 2.24) is 4.90 Å². The maximum atomic E-state index is 12.5. The van der Waals surface area contributed by atoms with Gasteiger partial charge in [0.1, 0.15) is 12.9 Å². The molecule has 148 valence electrons. The fraction of sp³-hybridized carbons (Fsp3) is 0.545. The number of carbonyl (C=O) groups excluding carboxylic acids is 1. The van der Waals surface area contributed by atoms with E-state index in [9.17, 15) is 4.79 Å². The van der Waals surface area contributed by atoms with Gasteiger partial charge >= 0.3 is 6.09 Å². The highest BCUT2D eigenvalue weighted by atomic mass is 16.6.